The maximum atomic E-state index is 12.3. The van der Waals surface area contributed by atoms with E-state index in [0.29, 0.717) is 10.2 Å². The number of rotatable bonds is 4. The molecule has 0 saturated heterocycles. The Morgan fingerprint density at radius 2 is 2.00 bits per heavy atom. The van der Waals surface area contributed by atoms with Crippen molar-refractivity contribution >= 4 is 66.9 Å². The average Bonchev–Trinajstić information content (AvgIpc) is 3.01. The molecule has 0 bridgehead atoms. The van der Waals surface area contributed by atoms with Crippen LogP contribution >= 0.6 is 34.7 Å². The Balaban J connectivity index is 1.45. The second-order valence-corrected chi connectivity index (χ2v) is 8.23. The molecule has 0 aliphatic rings. The molecule has 0 atom stereocenters. The molecule has 1 N–H and O–H groups in total. The first kappa shape index (κ1) is 17.3. The van der Waals surface area contributed by atoms with Crippen molar-refractivity contribution in [2.75, 3.05) is 11.1 Å². The number of amides is 1. The molecule has 2 aromatic heterocycles. The number of nitrogens with zero attached hydrogens (tertiary/aromatic N) is 2. The van der Waals surface area contributed by atoms with Crippen LogP contribution in [-0.4, -0.2) is 21.6 Å². The Bertz CT molecular complexity index is 1130. The van der Waals surface area contributed by atoms with Crippen LogP contribution in [0.4, 0.5) is 5.13 Å². The smallest absolute Gasteiger partial charge is 0.236 e. The third-order valence-electron chi connectivity index (χ3n) is 3.85. The number of anilines is 1. The number of hydrogen-bond donors (Lipinski definition) is 1. The standard InChI is InChI=1S/C19H14ClN3OS2/c1-11-8-18(21-14-5-3-2-4-13(11)14)25-10-17(24)23-19-22-15-7-6-12(20)9-16(15)26-19/h2-9H,10H2,1H3,(H,22,23,24). The van der Waals surface area contributed by atoms with Crippen LogP contribution in [0.3, 0.4) is 0 Å². The maximum absolute atomic E-state index is 12.3. The third-order valence-corrected chi connectivity index (χ3v) is 5.93. The van der Waals surface area contributed by atoms with Gasteiger partial charge in [-0.3, -0.25) is 4.79 Å². The van der Waals surface area contributed by atoms with Crippen LogP contribution < -0.4 is 5.32 Å². The average molecular weight is 400 g/mol. The van der Waals surface area contributed by atoms with Crippen molar-refractivity contribution in [1.29, 1.82) is 0 Å². The van der Waals surface area contributed by atoms with E-state index < -0.39 is 0 Å². The number of carbonyl (C=O) groups excluding carboxylic acids is 1. The zero-order chi connectivity index (χ0) is 18.1. The summed E-state index contributed by atoms with van der Waals surface area (Å²) in [6.07, 6.45) is 0. The van der Waals surface area contributed by atoms with Crippen LogP contribution in [0.25, 0.3) is 21.1 Å². The Morgan fingerprint density at radius 1 is 1.15 bits per heavy atom. The summed E-state index contributed by atoms with van der Waals surface area (Å²) in [6.45, 7) is 2.06. The second-order valence-electron chi connectivity index (χ2n) is 5.76. The molecule has 0 aliphatic carbocycles. The van der Waals surface area contributed by atoms with E-state index in [1.807, 2.05) is 36.4 Å². The van der Waals surface area contributed by atoms with Crippen LogP contribution in [0, 0.1) is 6.92 Å². The Labute approximate surface area is 163 Å². The fourth-order valence-electron chi connectivity index (χ4n) is 2.64. The molecule has 0 aliphatic heterocycles. The summed E-state index contributed by atoms with van der Waals surface area (Å²) >= 11 is 8.82. The van der Waals surface area contributed by atoms with Gasteiger partial charge in [0.05, 0.1) is 26.5 Å². The molecular weight excluding hydrogens is 386 g/mol. The number of pyridine rings is 1. The molecule has 4 aromatic rings. The molecule has 0 spiro atoms. The van der Waals surface area contributed by atoms with Crippen LogP contribution in [0.5, 0.6) is 0 Å². The van der Waals surface area contributed by atoms with Crippen LogP contribution in [0.2, 0.25) is 5.02 Å². The van der Waals surface area contributed by atoms with Gasteiger partial charge in [-0.25, -0.2) is 9.97 Å². The normalized spacial score (nSPS) is 11.2. The summed E-state index contributed by atoms with van der Waals surface area (Å²) < 4.78 is 0.951. The fourth-order valence-corrected chi connectivity index (χ4v) is 4.57. The van der Waals surface area contributed by atoms with Crippen LogP contribution in [-0.2, 0) is 4.79 Å². The van der Waals surface area contributed by atoms with E-state index in [2.05, 4.69) is 28.3 Å². The van der Waals surface area contributed by atoms with E-state index in [1.165, 1.54) is 23.1 Å². The molecule has 0 radical (unpaired) electrons. The number of para-hydroxylation sites is 1. The Kier molecular flexibility index (Phi) is 4.80. The van der Waals surface area contributed by atoms with E-state index in [4.69, 9.17) is 11.6 Å². The number of halogens is 1. The minimum atomic E-state index is -0.104. The highest BCUT2D eigenvalue weighted by Gasteiger charge is 2.10. The minimum Gasteiger partial charge on any atom is -0.301 e. The SMILES string of the molecule is Cc1cc(SCC(=O)Nc2nc3ccc(Cl)cc3s2)nc2ccccc12. The fraction of sp³-hybridized carbons (Fsp3) is 0.105. The van der Waals surface area contributed by atoms with Crippen LogP contribution in [0.15, 0.2) is 53.6 Å². The van der Waals surface area contributed by atoms with Crippen molar-refractivity contribution in [1.82, 2.24) is 9.97 Å². The largest absolute Gasteiger partial charge is 0.301 e. The van der Waals surface area contributed by atoms with Crippen LogP contribution in [0.1, 0.15) is 5.56 Å². The van der Waals surface area contributed by atoms with Gasteiger partial charge in [-0.1, -0.05) is 52.9 Å². The summed E-state index contributed by atoms with van der Waals surface area (Å²) in [5.41, 5.74) is 2.93. The topological polar surface area (TPSA) is 54.9 Å². The monoisotopic (exact) mass is 399 g/mol. The zero-order valence-corrected chi connectivity index (χ0v) is 16.2. The van der Waals surface area contributed by atoms with Gasteiger partial charge in [0.25, 0.3) is 0 Å². The first-order chi connectivity index (χ1) is 12.6. The summed E-state index contributed by atoms with van der Waals surface area (Å²) in [6, 6.07) is 15.5. The first-order valence-corrected chi connectivity index (χ1v) is 10.1. The minimum absolute atomic E-state index is 0.104. The van der Waals surface area contributed by atoms with E-state index in [0.717, 1.165) is 31.7 Å². The Morgan fingerprint density at radius 3 is 2.88 bits per heavy atom. The molecule has 2 aromatic carbocycles. The predicted molar refractivity (Wildman–Crippen MR) is 110 cm³/mol. The third kappa shape index (κ3) is 3.67. The van der Waals surface area contributed by atoms with Crippen molar-refractivity contribution in [3.05, 3.63) is 59.1 Å². The van der Waals surface area contributed by atoms with E-state index >= 15 is 0 Å². The summed E-state index contributed by atoms with van der Waals surface area (Å²) in [4.78, 5) is 21.3. The molecule has 1 amide bonds. The summed E-state index contributed by atoms with van der Waals surface area (Å²) in [5.74, 6) is 0.175. The Hall–Kier alpha value is -2.15. The molecule has 2 heterocycles. The molecule has 4 nitrogen and oxygen atoms in total. The van der Waals surface area contributed by atoms with Gasteiger partial charge >= 0.3 is 0 Å². The molecule has 0 saturated carbocycles. The summed E-state index contributed by atoms with van der Waals surface area (Å²) in [7, 11) is 0. The van der Waals surface area contributed by atoms with Gasteiger partial charge in [0.2, 0.25) is 5.91 Å². The number of thiazole rings is 1. The first-order valence-electron chi connectivity index (χ1n) is 7.93. The predicted octanol–water partition coefficient (Wildman–Crippen LogP) is 5.54. The van der Waals surface area contributed by atoms with Crippen molar-refractivity contribution in [3.8, 4) is 0 Å². The molecule has 7 heteroatoms. The highest BCUT2D eigenvalue weighted by Crippen LogP contribution is 2.29. The number of nitrogens with one attached hydrogen (secondary N) is 1. The molecule has 130 valence electrons. The number of fused-ring (bicyclic) bond motifs is 2. The number of aromatic nitrogens is 2. The zero-order valence-electron chi connectivity index (χ0n) is 13.8. The lowest BCUT2D eigenvalue weighted by Crippen LogP contribution is -2.13. The number of hydrogen-bond acceptors (Lipinski definition) is 5. The van der Waals surface area contributed by atoms with Crippen molar-refractivity contribution in [2.24, 2.45) is 0 Å². The molecule has 0 fully saturated rings. The van der Waals surface area contributed by atoms with Gasteiger partial charge in [-0.05, 0) is 42.8 Å². The molecule has 4 rings (SSSR count). The maximum Gasteiger partial charge on any atom is 0.236 e. The van der Waals surface area contributed by atoms with E-state index in [1.54, 1.807) is 6.07 Å². The second kappa shape index (κ2) is 7.23. The van der Waals surface area contributed by atoms with Gasteiger partial charge in [-0.15, -0.1) is 0 Å². The van der Waals surface area contributed by atoms with Crippen molar-refractivity contribution < 1.29 is 4.79 Å². The van der Waals surface area contributed by atoms with Gasteiger partial charge < -0.3 is 5.32 Å². The highest BCUT2D eigenvalue weighted by molar-refractivity contribution is 7.99. The number of thioether (sulfide) groups is 1. The lowest BCUT2D eigenvalue weighted by atomic mass is 10.1. The summed E-state index contributed by atoms with van der Waals surface area (Å²) in [5, 5.41) is 6.06. The van der Waals surface area contributed by atoms with Gasteiger partial charge in [0, 0.05) is 10.4 Å². The van der Waals surface area contributed by atoms with E-state index in [9.17, 15) is 4.79 Å². The number of aryl methyl sites for hydroxylation is 1. The van der Waals surface area contributed by atoms with Crippen molar-refractivity contribution in [2.45, 2.75) is 11.9 Å². The van der Waals surface area contributed by atoms with Crippen molar-refractivity contribution in [3.63, 3.8) is 0 Å². The van der Waals surface area contributed by atoms with Gasteiger partial charge in [-0.2, -0.15) is 0 Å². The lowest BCUT2D eigenvalue weighted by Gasteiger charge is -2.06. The van der Waals surface area contributed by atoms with Gasteiger partial charge in [0.15, 0.2) is 5.13 Å². The molecule has 0 unspecified atom stereocenters. The van der Waals surface area contributed by atoms with E-state index in [-0.39, 0.29) is 11.7 Å². The lowest BCUT2D eigenvalue weighted by molar-refractivity contribution is -0.113. The molecular formula is C19H14ClN3OS2. The van der Waals surface area contributed by atoms with Gasteiger partial charge in [0.1, 0.15) is 0 Å². The highest BCUT2D eigenvalue weighted by atomic mass is 35.5. The number of benzene rings is 2. The molecule has 26 heavy (non-hydrogen) atoms. The quantitative estimate of drug-likeness (QED) is 0.458. The number of carbonyl (C=O) groups is 1.